The molecule has 1 atom stereocenters. The minimum absolute atomic E-state index is 0.0389. The predicted molar refractivity (Wildman–Crippen MR) is 115 cm³/mol. The first-order valence-corrected chi connectivity index (χ1v) is 10.5. The number of carbonyl (C=O) groups excluding carboxylic acids is 2. The van der Waals surface area contributed by atoms with Crippen molar-refractivity contribution in [2.24, 2.45) is 0 Å². The van der Waals surface area contributed by atoms with E-state index in [4.69, 9.17) is 4.74 Å². The highest BCUT2D eigenvalue weighted by atomic mass is 19.1. The molecule has 0 saturated carbocycles. The zero-order chi connectivity index (χ0) is 22.3. The molecule has 0 bridgehead atoms. The van der Waals surface area contributed by atoms with E-state index in [1.807, 2.05) is 18.2 Å². The summed E-state index contributed by atoms with van der Waals surface area (Å²) in [6, 6.07) is 11.4. The topological polar surface area (TPSA) is 89.4 Å². The summed E-state index contributed by atoms with van der Waals surface area (Å²) in [5.41, 5.74) is 1.19. The summed E-state index contributed by atoms with van der Waals surface area (Å²) in [6.07, 6.45) is 6.43. The van der Waals surface area contributed by atoms with E-state index in [1.165, 1.54) is 29.1 Å². The molecule has 3 aromatic rings. The van der Waals surface area contributed by atoms with E-state index in [0.717, 1.165) is 18.5 Å². The lowest BCUT2D eigenvalue weighted by atomic mass is 10.1. The predicted octanol–water partition coefficient (Wildman–Crippen LogP) is 2.88. The Hall–Kier alpha value is -3.59. The monoisotopic (exact) mass is 437 g/mol. The number of nitrogens with one attached hydrogen (secondary N) is 1. The van der Waals surface area contributed by atoms with Gasteiger partial charge in [0.25, 0.3) is 5.91 Å². The molecular weight excluding hydrogens is 413 g/mol. The van der Waals surface area contributed by atoms with Crippen LogP contribution in [-0.2, 0) is 22.7 Å². The number of ether oxygens (including phenoxy) is 1. The summed E-state index contributed by atoms with van der Waals surface area (Å²) < 4.78 is 21.2. The Labute approximate surface area is 185 Å². The number of hydrogen-bond acceptors (Lipinski definition) is 5. The second-order valence-electron chi connectivity index (χ2n) is 7.60. The Morgan fingerprint density at radius 3 is 2.84 bits per heavy atom. The molecule has 9 heteroatoms. The minimum Gasteiger partial charge on any atom is -0.370 e. The summed E-state index contributed by atoms with van der Waals surface area (Å²) in [7, 11) is 0. The number of halogens is 1. The molecule has 2 aromatic heterocycles. The van der Waals surface area contributed by atoms with Crippen molar-refractivity contribution in [3.05, 3.63) is 78.1 Å². The average molecular weight is 437 g/mol. The van der Waals surface area contributed by atoms with Crippen LogP contribution >= 0.6 is 0 Å². The Kier molecular flexibility index (Phi) is 6.86. The van der Waals surface area contributed by atoms with Gasteiger partial charge in [0, 0.05) is 25.5 Å². The minimum atomic E-state index is -0.600. The number of anilines is 1. The van der Waals surface area contributed by atoms with Crippen molar-refractivity contribution in [3.8, 4) is 0 Å². The van der Waals surface area contributed by atoms with Crippen molar-refractivity contribution < 1.29 is 18.7 Å². The van der Waals surface area contributed by atoms with Crippen LogP contribution < -0.4 is 5.32 Å². The molecule has 1 aromatic carbocycles. The number of pyridine rings is 1. The lowest BCUT2D eigenvalue weighted by Gasteiger charge is -2.32. The maximum atomic E-state index is 13.8. The number of nitrogens with zero attached hydrogens (tertiary/aromatic N) is 4. The summed E-state index contributed by atoms with van der Waals surface area (Å²) in [4.78, 5) is 31.0. The van der Waals surface area contributed by atoms with Crippen LogP contribution in [0.25, 0.3) is 0 Å². The van der Waals surface area contributed by atoms with Gasteiger partial charge in [0.15, 0.2) is 0 Å². The molecule has 1 aliphatic heterocycles. The maximum absolute atomic E-state index is 13.8. The number of amides is 2. The summed E-state index contributed by atoms with van der Waals surface area (Å²) in [6.45, 7) is 1.64. The molecule has 1 unspecified atom stereocenters. The summed E-state index contributed by atoms with van der Waals surface area (Å²) in [5.74, 6) is -1.25. The SMILES string of the molecule is O=C(Nc1cnn(CC(=O)N2CCCC(OCc3ccccn3)C2)c1)c1ccccc1F. The molecule has 0 radical (unpaired) electrons. The zero-order valence-electron chi connectivity index (χ0n) is 17.5. The van der Waals surface area contributed by atoms with Crippen LogP contribution in [0.5, 0.6) is 0 Å². The fourth-order valence-corrected chi connectivity index (χ4v) is 3.58. The number of likely N-dealkylation sites (tertiary alicyclic amines) is 1. The molecule has 1 aliphatic rings. The normalized spacial score (nSPS) is 16.0. The van der Waals surface area contributed by atoms with E-state index in [9.17, 15) is 14.0 Å². The average Bonchev–Trinajstić information content (AvgIpc) is 3.25. The Bertz CT molecular complexity index is 1070. The lowest BCUT2D eigenvalue weighted by Crippen LogP contribution is -2.44. The summed E-state index contributed by atoms with van der Waals surface area (Å²) >= 11 is 0. The number of piperidine rings is 1. The van der Waals surface area contributed by atoms with E-state index in [-0.39, 0.29) is 24.1 Å². The van der Waals surface area contributed by atoms with Crippen molar-refractivity contribution in [1.82, 2.24) is 19.7 Å². The van der Waals surface area contributed by atoms with Gasteiger partial charge < -0.3 is 15.0 Å². The molecule has 166 valence electrons. The largest absolute Gasteiger partial charge is 0.370 e. The van der Waals surface area contributed by atoms with E-state index < -0.39 is 11.7 Å². The fraction of sp³-hybridized carbons (Fsp3) is 0.304. The van der Waals surface area contributed by atoms with Crippen LogP contribution in [0.4, 0.5) is 10.1 Å². The summed E-state index contributed by atoms with van der Waals surface area (Å²) in [5, 5.41) is 6.73. The molecule has 0 spiro atoms. The number of hydrogen-bond donors (Lipinski definition) is 1. The van der Waals surface area contributed by atoms with E-state index in [1.54, 1.807) is 23.4 Å². The third kappa shape index (κ3) is 5.55. The van der Waals surface area contributed by atoms with Crippen LogP contribution in [-0.4, -0.2) is 50.7 Å². The fourth-order valence-electron chi connectivity index (χ4n) is 3.58. The van der Waals surface area contributed by atoms with Gasteiger partial charge in [-0.15, -0.1) is 0 Å². The third-order valence-electron chi connectivity index (χ3n) is 5.23. The van der Waals surface area contributed by atoms with Gasteiger partial charge in [0.1, 0.15) is 12.4 Å². The maximum Gasteiger partial charge on any atom is 0.258 e. The Morgan fingerprint density at radius 2 is 2.03 bits per heavy atom. The van der Waals surface area contributed by atoms with Gasteiger partial charge in [0.2, 0.25) is 5.91 Å². The molecule has 1 N–H and O–H groups in total. The second-order valence-corrected chi connectivity index (χ2v) is 7.60. The van der Waals surface area contributed by atoms with Gasteiger partial charge in [-0.1, -0.05) is 18.2 Å². The van der Waals surface area contributed by atoms with Gasteiger partial charge in [-0.25, -0.2) is 4.39 Å². The van der Waals surface area contributed by atoms with Crippen LogP contribution in [0, 0.1) is 5.82 Å². The van der Waals surface area contributed by atoms with Crippen LogP contribution in [0.2, 0.25) is 0 Å². The first kappa shape index (κ1) is 21.6. The van der Waals surface area contributed by atoms with Crippen molar-refractivity contribution >= 4 is 17.5 Å². The van der Waals surface area contributed by atoms with Crippen molar-refractivity contribution in [2.75, 3.05) is 18.4 Å². The standard InChI is InChI=1S/C23H24FN5O3/c24-21-9-2-1-8-20(21)23(31)27-18-12-26-29(13-18)15-22(30)28-11-5-7-19(14-28)32-16-17-6-3-4-10-25-17/h1-4,6,8-10,12-13,19H,5,7,11,14-16H2,(H,27,31). The van der Waals surface area contributed by atoms with Gasteiger partial charge in [-0.3, -0.25) is 19.3 Å². The molecular formula is C23H24FN5O3. The van der Waals surface area contributed by atoms with E-state index in [0.29, 0.717) is 25.4 Å². The highest BCUT2D eigenvalue weighted by molar-refractivity contribution is 6.04. The second kappa shape index (κ2) is 10.1. The number of benzene rings is 1. The van der Waals surface area contributed by atoms with E-state index >= 15 is 0 Å². The van der Waals surface area contributed by atoms with Gasteiger partial charge in [-0.05, 0) is 37.1 Å². The van der Waals surface area contributed by atoms with Crippen LogP contribution in [0.15, 0.2) is 61.1 Å². The number of carbonyl (C=O) groups is 2. The molecule has 0 aliphatic carbocycles. The lowest BCUT2D eigenvalue weighted by molar-refractivity contribution is -0.136. The first-order chi connectivity index (χ1) is 15.6. The van der Waals surface area contributed by atoms with Crippen LogP contribution in [0.1, 0.15) is 28.9 Å². The van der Waals surface area contributed by atoms with Gasteiger partial charge in [-0.2, -0.15) is 5.10 Å². The van der Waals surface area contributed by atoms with Gasteiger partial charge in [0.05, 0.1) is 35.9 Å². The smallest absolute Gasteiger partial charge is 0.258 e. The molecule has 32 heavy (non-hydrogen) atoms. The highest BCUT2D eigenvalue weighted by Gasteiger charge is 2.24. The van der Waals surface area contributed by atoms with Crippen molar-refractivity contribution in [2.45, 2.75) is 32.1 Å². The number of aromatic nitrogens is 3. The first-order valence-electron chi connectivity index (χ1n) is 10.5. The molecule has 1 fully saturated rings. The molecule has 1 saturated heterocycles. The Balaban J connectivity index is 1.28. The molecule has 3 heterocycles. The van der Waals surface area contributed by atoms with Crippen molar-refractivity contribution in [1.29, 1.82) is 0 Å². The highest BCUT2D eigenvalue weighted by Crippen LogP contribution is 2.16. The van der Waals surface area contributed by atoms with Crippen molar-refractivity contribution in [3.63, 3.8) is 0 Å². The van der Waals surface area contributed by atoms with Gasteiger partial charge >= 0.3 is 0 Å². The molecule has 4 rings (SSSR count). The quantitative estimate of drug-likeness (QED) is 0.614. The molecule has 2 amide bonds. The zero-order valence-corrected chi connectivity index (χ0v) is 17.5. The van der Waals surface area contributed by atoms with E-state index in [2.05, 4.69) is 15.4 Å². The molecule has 8 nitrogen and oxygen atoms in total. The third-order valence-corrected chi connectivity index (χ3v) is 5.23. The van der Waals surface area contributed by atoms with Crippen LogP contribution in [0.3, 0.4) is 0 Å². The Morgan fingerprint density at radius 1 is 1.19 bits per heavy atom. The number of rotatable bonds is 7.